The molecule has 0 radical (unpaired) electrons. The normalized spacial score (nSPS) is 11.0. The van der Waals surface area contributed by atoms with Gasteiger partial charge in [-0.2, -0.15) is 13.2 Å². The molecule has 0 spiro atoms. The van der Waals surface area contributed by atoms with Gasteiger partial charge in [-0.3, -0.25) is 4.79 Å². The Balaban J connectivity index is 0.00000338. The summed E-state index contributed by atoms with van der Waals surface area (Å²) in [4.78, 5) is 16.3. The van der Waals surface area contributed by atoms with E-state index in [0.717, 1.165) is 25.0 Å². The molecule has 0 saturated heterocycles. The lowest BCUT2D eigenvalue weighted by Gasteiger charge is -2.15. The first-order chi connectivity index (χ1) is 11.8. The van der Waals surface area contributed by atoms with Crippen molar-refractivity contribution >= 4 is 41.0 Å². The van der Waals surface area contributed by atoms with Crippen LogP contribution in [0.5, 0.6) is 0 Å². The Morgan fingerprint density at radius 3 is 2.62 bits per heavy atom. The monoisotopic (exact) mass is 408 g/mol. The number of carbonyl (C=O) groups is 1. The number of anilines is 2. The lowest BCUT2D eigenvalue weighted by atomic mass is 10.1. The number of benzene rings is 1. The molecular weight excluding hydrogens is 389 g/mol. The molecular formula is C16H20ClF3N4OS. The standard InChI is InChI=1S/C16H19F3N4OS.ClH/c1-2-3-6-21-11-5-4-10(16(17,18)19)7-12(11)23-15(24)13-9-25-14(8-20)22-13;/h4-5,7,9,21H,2-3,6,8,20H2,1H3,(H,23,24);1H. The van der Waals surface area contributed by atoms with Crippen molar-refractivity contribution in [2.45, 2.75) is 32.5 Å². The zero-order valence-electron chi connectivity index (χ0n) is 14.0. The van der Waals surface area contributed by atoms with Gasteiger partial charge in [-0.05, 0) is 24.6 Å². The molecule has 2 aromatic rings. The summed E-state index contributed by atoms with van der Waals surface area (Å²) in [6, 6.07) is 3.22. The minimum atomic E-state index is -4.49. The SMILES string of the molecule is CCCCNc1ccc(C(F)(F)F)cc1NC(=O)c1csc(CN)n1.Cl. The third-order valence-electron chi connectivity index (χ3n) is 3.40. The minimum absolute atomic E-state index is 0. The van der Waals surface area contributed by atoms with Crippen LogP contribution >= 0.6 is 23.7 Å². The van der Waals surface area contributed by atoms with Crippen LogP contribution in [0.25, 0.3) is 0 Å². The highest BCUT2D eigenvalue weighted by molar-refractivity contribution is 7.09. The van der Waals surface area contributed by atoms with E-state index in [1.165, 1.54) is 22.8 Å². The second-order valence-electron chi connectivity index (χ2n) is 5.32. The van der Waals surface area contributed by atoms with E-state index >= 15 is 0 Å². The Labute approximate surface area is 159 Å². The third-order valence-corrected chi connectivity index (χ3v) is 4.27. The fourth-order valence-electron chi connectivity index (χ4n) is 2.07. The second-order valence-corrected chi connectivity index (χ2v) is 6.27. The first-order valence-corrected chi connectivity index (χ1v) is 8.64. The van der Waals surface area contributed by atoms with Crippen molar-refractivity contribution in [3.8, 4) is 0 Å². The minimum Gasteiger partial charge on any atom is -0.383 e. The number of rotatable bonds is 7. The average molecular weight is 409 g/mol. The number of thiazole rings is 1. The number of nitrogens with two attached hydrogens (primary N) is 1. The van der Waals surface area contributed by atoms with Crippen molar-refractivity contribution in [1.82, 2.24) is 4.98 Å². The number of carbonyl (C=O) groups excluding carboxylic acids is 1. The number of nitrogens with zero attached hydrogens (tertiary/aromatic N) is 1. The van der Waals surface area contributed by atoms with Gasteiger partial charge in [0.05, 0.1) is 16.9 Å². The zero-order chi connectivity index (χ0) is 18.4. The predicted molar refractivity (Wildman–Crippen MR) is 100 cm³/mol. The Morgan fingerprint density at radius 1 is 1.31 bits per heavy atom. The fourth-order valence-corrected chi connectivity index (χ4v) is 2.73. The smallest absolute Gasteiger partial charge is 0.383 e. The maximum absolute atomic E-state index is 13.0. The van der Waals surface area contributed by atoms with E-state index in [1.807, 2.05) is 6.92 Å². The van der Waals surface area contributed by atoms with E-state index < -0.39 is 17.6 Å². The maximum atomic E-state index is 13.0. The Bertz CT molecular complexity index is 737. The number of aromatic nitrogens is 1. The highest BCUT2D eigenvalue weighted by Crippen LogP contribution is 2.34. The second kappa shape index (κ2) is 9.75. The molecule has 0 unspecified atom stereocenters. The van der Waals surface area contributed by atoms with E-state index in [0.29, 0.717) is 17.2 Å². The molecule has 1 aromatic heterocycles. The van der Waals surface area contributed by atoms with E-state index in [4.69, 9.17) is 5.73 Å². The number of halogens is 4. The van der Waals surface area contributed by atoms with Gasteiger partial charge in [0.1, 0.15) is 10.7 Å². The highest BCUT2D eigenvalue weighted by atomic mass is 35.5. The number of nitrogens with one attached hydrogen (secondary N) is 2. The Kier molecular flexibility index (Phi) is 8.32. The summed E-state index contributed by atoms with van der Waals surface area (Å²) in [6.45, 7) is 2.80. The lowest BCUT2D eigenvalue weighted by Crippen LogP contribution is -2.16. The molecule has 0 bridgehead atoms. The van der Waals surface area contributed by atoms with Gasteiger partial charge in [0.25, 0.3) is 5.91 Å². The van der Waals surface area contributed by atoms with Crippen LogP contribution in [0.2, 0.25) is 0 Å². The van der Waals surface area contributed by atoms with Crippen molar-refractivity contribution in [2.75, 3.05) is 17.2 Å². The van der Waals surface area contributed by atoms with Crippen molar-refractivity contribution in [2.24, 2.45) is 5.73 Å². The molecule has 26 heavy (non-hydrogen) atoms. The Morgan fingerprint density at radius 2 is 2.04 bits per heavy atom. The summed E-state index contributed by atoms with van der Waals surface area (Å²) in [5.74, 6) is -0.575. The molecule has 1 heterocycles. The van der Waals surface area contributed by atoms with Crippen molar-refractivity contribution in [1.29, 1.82) is 0 Å². The van der Waals surface area contributed by atoms with Gasteiger partial charge < -0.3 is 16.4 Å². The van der Waals surface area contributed by atoms with E-state index in [9.17, 15) is 18.0 Å². The average Bonchev–Trinajstić information content (AvgIpc) is 3.04. The van der Waals surface area contributed by atoms with Crippen molar-refractivity contribution in [3.63, 3.8) is 0 Å². The van der Waals surface area contributed by atoms with Gasteiger partial charge in [0.15, 0.2) is 0 Å². The van der Waals surface area contributed by atoms with Gasteiger partial charge in [-0.1, -0.05) is 13.3 Å². The van der Waals surface area contributed by atoms with E-state index in [-0.39, 0.29) is 30.3 Å². The molecule has 5 nitrogen and oxygen atoms in total. The molecule has 0 aliphatic heterocycles. The van der Waals surface area contributed by atoms with Gasteiger partial charge in [0, 0.05) is 18.5 Å². The highest BCUT2D eigenvalue weighted by Gasteiger charge is 2.31. The van der Waals surface area contributed by atoms with Crippen molar-refractivity contribution in [3.05, 3.63) is 39.8 Å². The summed E-state index contributed by atoms with van der Waals surface area (Å²) in [6.07, 6.45) is -2.69. The van der Waals surface area contributed by atoms with Crippen LogP contribution in [0.15, 0.2) is 23.6 Å². The van der Waals surface area contributed by atoms with Crippen LogP contribution in [-0.2, 0) is 12.7 Å². The summed E-state index contributed by atoms with van der Waals surface area (Å²) < 4.78 is 38.9. The summed E-state index contributed by atoms with van der Waals surface area (Å²) in [7, 11) is 0. The van der Waals surface area contributed by atoms with E-state index in [1.54, 1.807) is 0 Å². The van der Waals surface area contributed by atoms with Crippen LogP contribution in [0.4, 0.5) is 24.5 Å². The third kappa shape index (κ3) is 5.86. The van der Waals surface area contributed by atoms with Gasteiger partial charge in [0.2, 0.25) is 0 Å². The Hall–Kier alpha value is -1.84. The summed E-state index contributed by atoms with van der Waals surface area (Å²) in [5.41, 5.74) is 5.26. The number of hydrogen-bond acceptors (Lipinski definition) is 5. The van der Waals surface area contributed by atoms with Crippen LogP contribution in [0.1, 0.15) is 40.8 Å². The van der Waals surface area contributed by atoms with Crippen LogP contribution in [0.3, 0.4) is 0 Å². The van der Waals surface area contributed by atoms with Gasteiger partial charge >= 0.3 is 6.18 Å². The summed E-state index contributed by atoms with van der Waals surface area (Å²) >= 11 is 1.22. The van der Waals surface area contributed by atoms with Gasteiger partial charge in [-0.25, -0.2) is 4.98 Å². The molecule has 0 fully saturated rings. The molecule has 0 atom stereocenters. The number of unbranched alkanes of at least 4 members (excludes halogenated alkanes) is 1. The molecule has 10 heteroatoms. The maximum Gasteiger partial charge on any atom is 0.416 e. The molecule has 0 aliphatic carbocycles. The topological polar surface area (TPSA) is 80.0 Å². The molecule has 4 N–H and O–H groups in total. The molecule has 2 rings (SSSR count). The largest absolute Gasteiger partial charge is 0.416 e. The fraction of sp³-hybridized carbons (Fsp3) is 0.375. The first kappa shape index (κ1) is 22.2. The molecule has 144 valence electrons. The number of amides is 1. The van der Waals surface area contributed by atoms with Crippen LogP contribution < -0.4 is 16.4 Å². The van der Waals surface area contributed by atoms with Crippen LogP contribution in [-0.4, -0.2) is 17.4 Å². The number of alkyl halides is 3. The van der Waals surface area contributed by atoms with Gasteiger partial charge in [-0.15, -0.1) is 23.7 Å². The predicted octanol–water partition coefficient (Wildman–Crippen LogP) is 4.51. The molecule has 0 aliphatic rings. The summed E-state index contributed by atoms with van der Waals surface area (Å²) in [5, 5.41) is 7.65. The number of hydrogen-bond donors (Lipinski definition) is 3. The van der Waals surface area contributed by atoms with E-state index in [2.05, 4.69) is 15.6 Å². The molecule has 1 aromatic carbocycles. The lowest BCUT2D eigenvalue weighted by molar-refractivity contribution is -0.137. The van der Waals surface area contributed by atoms with Crippen molar-refractivity contribution < 1.29 is 18.0 Å². The zero-order valence-corrected chi connectivity index (χ0v) is 15.7. The first-order valence-electron chi connectivity index (χ1n) is 7.76. The molecule has 1 amide bonds. The quantitative estimate of drug-likeness (QED) is 0.589. The van der Waals surface area contributed by atoms with Crippen LogP contribution in [0, 0.1) is 0 Å². The molecule has 0 saturated carbocycles.